The van der Waals surface area contributed by atoms with Crippen molar-refractivity contribution in [1.29, 1.82) is 0 Å². The SMILES string of the molecule is CCCN1c2cc(OC)c(C=Nc3ccc(F)c(Cl)c3)cc2C(C)=CC1(C)C. The second-order valence-corrected chi connectivity index (χ2v) is 8.01. The van der Waals surface area contributed by atoms with Gasteiger partial charge in [0.05, 0.1) is 23.4 Å². The number of rotatable bonds is 5. The molecule has 0 aromatic heterocycles. The van der Waals surface area contributed by atoms with Crippen molar-refractivity contribution in [2.75, 3.05) is 18.6 Å². The van der Waals surface area contributed by atoms with Gasteiger partial charge >= 0.3 is 0 Å². The van der Waals surface area contributed by atoms with Crippen molar-refractivity contribution in [3.8, 4) is 5.75 Å². The topological polar surface area (TPSA) is 24.8 Å². The molecule has 28 heavy (non-hydrogen) atoms. The molecular formula is C23H26ClFN2O. The van der Waals surface area contributed by atoms with Crippen molar-refractivity contribution >= 4 is 34.8 Å². The van der Waals surface area contributed by atoms with E-state index in [2.05, 4.69) is 55.8 Å². The first-order valence-corrected chi connectivity index (χ1v) is 9.83. The third-order valence-electron chi connectivity index (χ3n) is 5.03. The maximum atomic E-state index is 13.4. The largest absolute Gasteiger partial charge is 0.496 e. The average molecular weight is 401 g/mol. The summed E-state index contributed by atoms with van der Waals surface area (Å²) in [4.78, 5) is 6.87. The van der Waals surface area contributed by atoms with E-state index in [0.29, 0.717) is 5.69 Å². The summed E-state index contributed by atoms with van der Waals surface area (Å²) in [7, 11) is 1.66. The van der Waals surface area contributed by atoms with Gasteiger partial charge in [0, 0.05) is 35.6 Å². The molecule has 1 heterocycles. The molecule has 1 aliphatic rings. The van der Waals surface area contributed by atoms with E-state index in [4.69, 9.17) is 16.3 Å². The van der Waals surface area contributed by atoms with E-state index in [1.807, 2.05) is 0 Å². The summed E-state index contributed by atoms with van der Waals surface area (Å²) in [5.74, 6) is 0.300. The summed E-state index contributed by atoms with van der Waals surface area (Å²) in [5, 5.41) is 0.0586. The Labute approximate surface area is 171 Å². The average Bonchev–Trinajstić information content (AvgIpc) is 2.65. The van der Waals surface area contributed by atoms with Gasteiger partial charge < -0.3 is 9.64 Å². The summed E-state index contributed by atoms with van der Waals surface area (Å²) in [6.45, 7) is 9.75. The van der Waals surface area contributed by atoms with Crippen LogP contribution in [0.4, 0.5) is 15.8 Å². The smallest absolute Gasteiger partial charge is 0.141 e. The fourth-order valence-electron chi connectivity index (χ4n) is 3.74. The molecule has 0 N–H and O–H groups in total. The molecule has 0 spiro atoms. The lowest BCUT2D eigenvalue weighted by Gasteiger charge is -2.43. The lowest BCUT2D eigenvalue weighted by atomic mass is 9.87. The van der Waals surface area contributed by atoms with E-state index in [1.165, 1.54) is 29.0 Å². The number of halogens is 2. The molecule has 5 heteroatoms. The Balaban J connectivity index is 2.06. The number of hydrogen-bond acceptors (Lipinski definition) is 3. The summed E-state index contributed by atoms with van der Waals surface area (Å²) in [5.41, 5.74) is 4.98. The van der Waals surface area contributed by atoms with E-state index in [0.717, 1.165) is 24.3 Å². The zero-order valence-corrected chi connectivity index (χ0v) is 17.8. The Morgan fingerprint density at radius 3 is 2.64 bits per heavy atom. The van der Waals surface area contributed by atoms with E-state index in [1.54, 1.807) is 19.4 Å². The molecule has 148 valence electrons. The zero-order valence-electron chi connectivity index (χ0n) is 17.0. The van der Waals surface area contributed by atoms with Crippen LogP contribution < -0.4 is 9.64 Å². The first-order valence-electron chi connectivity index (χ1n) is 9.45. The standard InChI is InChI=1S/C23H26ClFN2O/c1-6-9-27-21-12-22(28-5)16(10-18(21)15(2)13-23(27,3)4)14-26-17-7-8-20(25)19(24)11-17/h7-8,10-14H,6,9H2,1-5H3. The lowest BCUT2D eigenvalue weighted by molar-refractivity contribution is 0.413. The van der Waals surface area contributed by atoms with Crippen molar-refractivity contribution in [2.24, 2.45) is 4.99 Å². The summed E-state index contributed by atoms with van der Waals surface area (Å²) >= 11 is 5.85. The van der Waals surface area contributed by atoms with Gasteiger partial charge in [-0.15, -0.1) is 0 Å². The Hall–Kier alpha value is -2.33. The number of aliphatic imine (C=N–C) groups is 1. The molecule has 2 aromatic rings. The minimum absolute atomic E-state index is 0.0570. The van der Waals surface area contributed by atoms with Crippen LogP contribution >= 0.6 is 11.6 Å². The van der Waals surface area contributed by atoms with Gasteiger partial charge in [-0.1, -0.05) is 24.6 Å². The van der Waals surface area contributed by atoms with Gasteiger partial charge in [0.15, 0.2) is 0 Å². The Bertz CT molecular complexity index is 950. The van der Waals surface area contributed by atoms with Crippen LogP contribution in [0.3, 0.4) is 0 Å². The molecule has 0 fully saturated rings. The number of ether oxygens (including phenoxy) is 1. The van der Waals surface area contributed by atoms with E-state index in [-0.39, 0.29) is 10.6 Å². The van der Waals surface area contributed by atoms with Crippen LogP contribution in [-0.4, -0.2) is 25.4 Å². The maximum Gasteiger partial charge on any atom is 0.141 e. The van der Waals surface area contributed by atoms with Crippen LogP contribution in [0.5, 0.6) is 5.75 Å². The molecule has 0 aliphatic carbocycles. The summed E-state index contributed by atoms with van der Waals surface area (Å²) in [6.07, 6.45) is 5.10. The minimum atomic E-state index is -0.452. The van der Waals surface area contributed by atoms with Gasteiger partial charge in [0.2, 0.25) is 0 Å². The van der Waals surface area contributed by atoms with E-state index >= 15 is 0 Å². The molecule has 2 aromatic carbocycles. The van der Waals surface area contributed by atoms with Crippen molar-refractivity contribution < 1.29 is 9.13 Å². The summed E-state index contributed by atoms with van der Waals surface area (Å²) < 4.78 is 19.0. The number of methoxy groups -OCH3 is 1. The second kappa shape index (κ2) is 7.96. The number of anilines is 1. The minimum Gasteiger partial charge on any atom is -0.496 e. The molecule has 1 aliphatic heterocycles. The van der Waals surface area contributed by atoms with Crippen molar-refractivity contribution in [2.45, 2.75) is 39.7 Å². The molecular weight excluding hydrogens is 375 g/mol. The predicted octanol–water partition coefficient (Wildman–Crippen LogP) is 6.65. The van der Waals surface area contributed by atoms with Crippen molar-refractivity contribution in [1.82, 2.24) is 0 Å². The Morgan fingerprint density at radius 2 is 2.00 bits per heavy atom. The second-order valence-electron chi connectivity index (χ2n) is 7.60. The zero-order chi connectivity index (χ0) is 20.5. The van der Waals surface area contributed by atoms with Crippen molar-refractivity contribution in [3.05, 3.63) is 58.4 Å². The predicted molar refractivity (Wildman–Crippen MR) is 117 cm³/mol. The number of benzene rings is 2. The number of hydrogen-bond donors (Lipinski definition) is 0. The monoisotopic (exact) mass is 400 g/mol. The van der Waals surface area contributed by atoms with Gasteiger partial charge in [-0.2, -0.15) is 0 Å². The molecule has 0 saturated heterocycles. The third kappa shape index (κ3) is 3.93. The van der Waals surface area contributed by atoms with Crippen LogP contribution in [0.2, 0.25) is 5.02 Å². The van der Waals surface area contributed by atoms with Crippen LogP contribution in [-0.2, 0) is 0 Å². The molecule has 0 bridgehead atoms. The quantitative estimate of drug-likeness (QED) is 0.525. The first-order chi connectivity index (χ1) is 13.3. The molecule has 0 amide bonds. The highest BCUT2D eigenvalue weighted by atomic mass is 35.5. The Kier molecular flexibility index (Phi) is 5.80. The van der Waals surface area contributed by atoms with Gasteiger partial charge in [-0.25, -0.2) is 4.39 Å². The van der Waals surface area contributed by atoms with Crippen LogP contribution in [0.15, 0.2) is 41.4 Å². The number of fused-ring (bicyclic) bond motifs is 1. The lowest BCUT2D eigenvalue weighted by Crippen LogP contribution is -2.45. The molecule has 0 unspecified atom stereocenters. The third-order valence-corrected chi connectivity index (χ3v) is 5.32. The van der Waals surface area contributed by atoms with Gasteiger partial charge in [-0.05, 0) is 57.0 Å². The normalized spacial score (nSPS) is 15.5. The van der Waals surface area contributed by atoms with Crippen LogP contribution in [0.25, 0.3) is 5.57 Å². The molecule has 0 radical (unpaired) electrons. The molecule has 0 saturated carbocycles. The van der Waals surface area contributed by atoms with Crippen molar-refractivity contribution in [3.63, 3.8) is 0 Å². The molecule has 3 rings (SSSR count). The van der Waals surface area contributed by atoms with Gasteiger partial charge in [-0.3, -0.25) is 4.99 Å². The number of allylic oxidation sites excluding steroid dienone is 1. The summed E-state index contributed by atoms with van der Waals surface area (Å²) in [6, 6.07) is 8.61. The number of nitrogens with zero attached hydrogens (tertiary/aromatic N) is 2. The fourth-order valence-corrected chi connectivity index (χ4v) is 3.92. The highest BCUT2D eigenvalue weighted by molar-refractivity contribution is 6.31. The fraction of sp³-hybridized carbons (Fsp3) is 0.348. The van der Waals surface area contributed by atoms with Gasteiger partial charge in [0.25, 0.3) is 0 Å². The van der Waals surface area contributed by atoms with E-state index < -0.39 is 5.82 Å². The van der Waals surface area contributed by atoms with Crippen LogP contribution in [0, 0.1) is 5.82 Å². The highest BCUT2D eigenvalue weighted by Gasteiger charge is 2.31. The molecule has 3 nitrogen and oxygen atoms in total. The van der Waals surface area contributed by atoms with Gasteiger partial charge in [0.1, 0.15) is 11.6 Å². The maximum absolute atomic E-state index is 13.4. The van der Waals surface area contributed by atoms with E-state index in [9.17, 15) is 4.39 Å². The first kappa shape index (κ1) is 20.4. The molecule has 0 atom stereocenters. The van der Waals surface area contributed by atoms with Crippen LogP contribution in [0.1, 0.15) is 45.2 Å². The Morgan fingerprint density at radius 1 is 1.25 bits per heavy atom. The highest BCUT2D eigenvalue weighted by Crippen LogP contribution is 2.42.